The molecule has 2 amide bonds. The van der Waals surface area contributed by atoms with Gasteiger partial charge in [-0.2, -0.15) is 0 Å². The van der Waals surface area contributed by atoms with Crippen molar-refractivity contribution in [2.75, 3.05) is 39.3 Å². The SMILES string of the molecule is CCOC(=O)N1CCN(CC(=O)N[C@H](C)c2ccc3c(c2)CCCC3)CC1. The van der Waals surface area contributed by atoms with E-state index in [0.717, 1.165) is 6.42 Å². The Morgan fingerprint density at radius 2 is 1.81 bits per heavy atom. The van der Waals surface area contributed by atoms with Crippen molar-refractivity contribution in [2.45, 2.75) is 45.6 Å². The molecule has 0 spiro atoms. The minimum absolute atomic E-state index is 0.00514. The lowest BCUT2D eigenvalue weighted by Crippen LogP contribution is -2.51. The van der Waals surface area contributed by atoms with Gasteiger partial charge in [0.25, 0.3) is 0 Å². The molecule has 0 aromatic heterocycles. The number of hydrogen-bond acceptors (Lipinski definition) is 4. The number of carbonyl (C=O) groups is 2. The van der Waals surface area contributed by atoms with Gasteiger partial charge in [-0.25, -0.2) is 4.79 Å². The highest BCUT2D eigenvalue weighted by Gasteiger charge is 2.23. The molecule has 1 atom stereocenters. The Hall–Kier alpha value is -2.08. The summed E-state index contributed by atoms with van der Waals surface area (Å²) >= 11 is 0. The smallest absolute Gasteiger partial charge is 0.409 e. The molecule has 6 heteroatoms. The van der Waals surface area contributed by atoms with Gasteiger partial charge in [0.05, 0.1) is 19.2 Å². The molecule has 148 valence electrons. The summed E-state index contributed by atoms with van der Waals surface area (Å²) in [7, 11) is 0. The third-order valence-electron chi connectivity index (χ3n) is 5.52. The van der Waals surface area contributed by atoms with Crippen molar-refractivity contribution >= 4 is 12.0 Å². The number of amides is 2. The number of benzene rings is 1. The summed E-state index contributed by atoms with van der Waals surface area (Å²) in [6, 6.07) is 6.64. The number of ether oxygens (including phenoxy) is 1. The molecule has 27 heavy (non-hydrogen) atoms. The lowest BCUT2D eigenvalue weighted by molar-refractivity contribution is -0.123. The largest absolute Gasteiger partial charge is 0.450 e. The molecular weight excluding hydrogens is 342 g/mol. The van der Waals surface area contributed by atoms with Crippen LogP contribution in [0.3, 0.4) is 0 Å². The fourth-order valence-corrected chi connectivity index (χ4v) is 3.90. The Labute approximate surface area is 161 Å². The molecule has 2 aliphatic rings. The fraction of sp³-hybridized carbons (Fsp3) is 0.619. The molecule has 1 aliphatic carbocycles. The van der Waals surface area contributed by atoms with Crippen LogP contribution in [-0.4, -0.2) is 61.1 Å². The van der Waals surface area contributed by atoms with Crippen molar-refractivity contribution in [3.8, 4) is 0 Å². The average molecular weight is 373 g/mol. The molecule has 0 bridgehead atoms. The zero-order valence-electron chi connectivity index (χ0n) is 16.5. The summed E-state index contributed by atoms with van der Waals surface area (Å²) in [6.45, 7) is 7.20. The van der Waals surface area contributed by atoms with Crippen molar-refractivity contribution in [3.63, 3.8) is 0 Å². The first kappa shape index (κ1) is 19.7. The second-order valence-electron chi connectivity index (χ2n) is 7.49. The van der Waals surface area contributed by atoms with Crippen LogP contribution >= 0.6 is 0 Å². The van der Waals surface area contributed by atoms with Crippen LogP contribution in [0.1, 0.15) is 49.4 Å². The standard InChI is InChI=1S/C21H31N3O3/c1-3-27-21(26)24-12-10-23(11-13-24)15-20(25)22-16(2)18-9-8-17-6-4-5-7-19(17)14-18/h8-9,14,16H,3-7,10-13,15H2,1-2H3,(H,22,25)/t16-/m1/s1. The van der Waals surface area contributed by atoms with E-state index in [-0.39, 0.29) is 18.0 Å². The van der Waals surface area contributed by atoms with Gasteiger partial charge in [0.2, 0.25) is 5.91 Å². The molecule has 1 aliphatic heterocycles. The van der Waals surface area contributed by atoms with Gasteiger partial charge in [-0.3, -0.25) is 9.69 Å². The topological polar surface area (TPSA) is 61.9 Å². The maximum absolute atomic E-state index is 12.4. The van der Waals surface area contributed by atoms with Crippen LogP contribution in [0.25, 0.3) is 0 Å². The fourth-order valence-electron chi connectivity index (χ4n) is 3.90. The Kier molecular flexibility index (Phi) is 6.72. The number of rotatable bonds is 5. The molecule has 6 nitrogen and oxygen atoms in total. The van der Waals surface area contributed by atoms with Crippen molar-refractivity contribution in [2.24, 2.45) is 0 Å². The van der Waals surface area contributed by atoms with E-state index in [1.165, 1.54) is 36.0 Å². The van der Waals surface area contributed by atoms with Crippen molar-refractivity contribution < 1.29 is 14.3 Å². The highest BCUT2D eigenvalue weighted by Crippen LogP contribution is 2.24. The lowest BCUT2D eigenvalue weighted by Gasteiger charge is -2.33. The number of aryl methyl sites for hydroxylation is 2. The number of nitrogens with zero attached hydrogens (tertiary/aromatic N) is 2. The van der Waals surface area contributed by atoms with Gasteiger partial charge in [-0.15, -0.1) is 0 Å². The van der Waals surface area contributed by atoms with Crippen LogP contribution < -0.4 is 5.32 Å². The summed E-state index contributed by atoms with van der Waals surface area (Å²) in [6.07, 6.45) is 4.60. The van der Waals surface area contributed by atoms with Crippen LogP contribution in [0.15, 0.2) is 18.2 Å². The second-order valence-corrected chi connectivity index (χ2v) is 7.49. The van der Waals surface area contributed by atoms with Gasteiger partial charge in [-0.1, -0.05) is 18.2 Å². The molecule has 1 heterocycles. The first-order valence-electron chi connectivity index (χ1n) is 10.1. The summed E-state index contributed by atoms with van der Waals surface area (Å²) in [5.41, 5.74) is 4.08. The number of carbonyl (C=O) groups excluding carboxylic acids is 2. The molecule has 1 fully saturated rings. The number of fused-ring (bicyclic) bond motifs is 1. The number of piperazine rings is 1. The van der Waals surface area contributed by atoms with E-state index >= 15 is 0 Å². The molecular formula is C21H31N3O3. The van der Waals surface area contributed by atoms with E-state index in [0.29, 0.717) is 39.3 Å². The summed E-state index contributed by atoms with van der Waals surface area (Å²) in [5.74, 6) is 0.0322. The minimum atomic E-state index is -0.261. The third kappa shape index (κ3) is 5.22. The van der Waals surface area contributed by atoms with Crippen LogP contribution in [0.5, 0.6) is 0 Å². The van der Waals surface area contributed by atoms with Gasteiger partial charge in [0.1, 0.15) is 0 Å². The molecule has 1 saturated heterocycles. The monoisotopic (exact) mass is 373 g/mol. The van der Waals surface area contributed by atoms with Crippen LogP contribution in [0, 0.1) is 0 Å². The second kappa shape index (κ2) is 9.22. The third-order valence-corrected chi connectivity index (χ3v) is 5.52. The molecule has 3 rings (SSSR count). The minimum Gasteiger partial charge on any atom is -0.450 e. The first-order chi connectivity index (χ1) is 13.1. The van der Waals surface area contributed by atoms with Gasteiger partial charge in [0, 0.05) is 26.2 Å². The predicted octanol–water partition coefficient (Wildman–Crippen LogP) is 2.52. The predicted molar refractivity (Wildman–Crippen MR) is 105 cm³/mol. The highest BCUT2D eigenvalue weighted by atomic mass is 16.6. The summed E-state index contributed by atoms with van der Waals surface area (Å²) < 4.78 is 5.03. The average Bonchev–Trinajstić information content (AvgIpc) is 2.68. The van der Waals surface area contributed by atoms with E-state index in [1.54, 1.807) is 4.90 Å². The van der Waals surface area contributed by atoms with Crippen LogP contribution in [0.4, 0.5) is 4.79 Å². The van der Waals surface area contributed by atoms with Crippen molar-refractivity contribution in [1.29, 1.82) is 0 Å². The molecule has 1 aromatic carbocycles. The van der Waals surface area contributed by atoms with Crippen LogP contribution in [0.2, 0.25) is 0 Å². The maximum Gasteiger partial charge on any atom is 0.409 e. The van der Waals surface area contributed by atoms with E-state index < -0.39 is 0 Å². The Morgan fingerprint density at radius 3 is 2.52 bits per heavy atom. The quantitative estimate of drug-likeness (QED) is 0.862. The first-order valence-corrected chi connectivity index (χ1v) is 10.1. The Bertz CT molecular complexity index is 669. The van der Waals surface area contributed by atoms with Gasteiger partial charge in [-0.05, 0) is 56.2 Å². The van der Waals surface area contributed by atoms with E-state index in [1.807, 2.05) is 13.8 Å². The maximum atomic E-state index is 12.4. The van der Waals surface area contributed by atoms with Gasteiger partial charge < -0.3 is 15.0 Å². The molecule has 0 saturated carbocycles. The van der Waals surface area contributed by atoms with Crippen molar-refractivity contribution in [1.82, 2.24) is 15.1 Å². The summed E-state index contributed by atoms with van der Waals surface area (Å²) in [4.78, 5) is 28.0. The molecule has 0 unspecified atom stereocenters. The Balaban J connectivity index is 1.46. The van der Waals surface area contributed by atoms with Crippen molar-refractivity contribution in [3.05, 3.63) is 34.9 Å². The van der Waals surface area contributed by atoms with Gasteiger partial charge >= 0.3 is 6.09 Å². The number of hydrogen-bond donors (Lipinski definition) is 1. The zero-order valence-corrected chi connectivity index (χ0v) is 16.5. The highest BCUT2D eigenvalue weighted by molar-refractivity contribution is 5.78. The van der Waals surface area contributed by atoms with Crippen LogP contribution in [-0.2, 0) is 22.4 Å². The van der Waals surface area contributed by atoms with E-state index in [2.05, 4.69) is 28.4 Å². The number of nitrogens with one attached hydrogen (secondary N) is 1. The summed E-state index contributed by atoms with van der Waals surface area (Å²) in [5, 5.41) is 3.12. The zero-order chi connectivity index (χ0) is 19.2. The van der Waals surface area contributed by atoms with E-state index in [4.69, 9.17) is 4.74 Å². The normalized spacial score (nSPS) is 18.5. The van der Waals surface area contributed by atoms with Gasteiger partial charge in [0.15, 0.2) is 0 Å². The Morgan fingerprint density at radius 1 is 1.11 bits per heavy atom. The molecule has 1 N–H and O–H groups in total. The molecule has 0 radical (unpaired) electrons. The lowest BCUT2D eigenvalue weighted by atomic mass is 9.89. The van der Waals surface area contributed by atoms with E-state index in [9.17, 15) is 9.59 Å². The molecule has 1 aromatic rings.